The predicted molar refractivity (Wildman–Crippen MR) is 103 cm³/mol. The lowest BCUT2D eigenvalue weighted by atomic mass is 10.2. The largest absolute Gasteiger partial charge is 0.319 e. The third-order valence-corrected chi connectivity index (χ3v) is 4.73. The molecule has 3 nitrogen and oxygen atoms in total. The Balaban J connectivity index is 1.88. The summed E-state index contributed by atoms with van der Waals surface area (Å²) in [6.07, 6.45) is 0. The highest BCUT2D eigenvalue weighted by atomic mass is 35.5. The molecule has 5 rings (SSSR count). The molecule has 4 heteroatoms. The number of benzene rings is 3. The van der Waals surface area contributed by atoms with E-state index >= 15 is 0 Å². The summed E-state index contributed by atoms with van der Waals surface area (Å²) in [5.74, 6) is 0. The Kier molecular flexibility index (Phi) is 3.22. The minimum absolute atomic E-state index is 0.709. The minimum atomic E-state index is 0.709. The van der Waals surface area contributed by atoms with Gasteiger partial charge in [0.25, 0.3) is 0 Å². The molecule has 0 aliphatic heterocycles. The number of nitrogens with zero attached hydrogens (tertiary/aromatic N) is 3. The lowest BCUT2D eigenvalue weighted by molar-refractivity contribution is 0.857. The molecule has 0 aliphatic rings. The van der Waals surface area contributed by atoms with Crippen molar-refractivity contribution in [3.05, 3.63) is 83.4 Å². The predicted octanol–water partition coefficient (Wildman–Crippen LogP) is 5.44. The number of hydrogen-bond donors (Lipinski definition) is 0. The second-order valence-electron chi connectivity index (χ2n) is 6.12. The van der Waals surface area contributed by atoms with Crippen molar-refractivity contribution in [3.63, 3.8) is 0 Å². The van der Waals surface area contributed by atoms with Crippen LogP contribution in [0.3, 0.4) is 0 Å². The number of halogens is 1. The number of rotatable bonds is 2. The van der Waals surface area contributed by atoms with Crippen LogP contribution in [0.5, 0.6) is 0 Å². The van der Waals surface area contributed by atoms with Crippen LogP contribution >= 0.6 is 11.6 Å². The van der Waals surface area contributed by atoms with Gasteiger partial charge in [-0.25, -0.2) is 9.97 Å². The van der Waals surface area contributed by atoms with Crippen LogP contribution in [-0.4, -0.2) is 14.5 Å². The topological polar surface area (TPSA) is 30.7 Å². The van der Waals surface area contributed by atoms with E-state index in [0.29, 0.717) is 5.02 Å². The van der Waals surface area contributed by atoms with Crippen molar-refractivity contribution < 1.29 is 0 Å². The molecular weight excluding hydrogens is 330 g/mol. The smallest absolute Gasteiger partial charge is 0.160 e. The highest BCUT2D eigenvalue weighted by Crippen LogP contribution is 2.30. The fraction of sp³-hybridized carbons (Fsp3) is 0.0476. The van der Waals surface area contributed by atoms with Crippen LogP contribution < -0.4 is 0 Å². The van der Waals surface area contributed by atoms with Gasteiger partial charge in [-0.05, 0) is 35.9 Å². The van der Waals surface area contributed by atoms with Crippen molar-refractivity contribution >= 4 is 44.7 Å². The summed E-state index contributed by atoms with van der Waals surface area (Å²) in [4.78, 5) is 9.77. The summed E-state index contributed by atoms with van der Waals surface area (Å²) in [6, 6.07) is 24.3. The second-order valence-corrected chi connectivity index (χ2v) is 6.55. The molecule has 0 amide bonds. The van der Waals surface area contributed by atoms with Crippen LogP contribution in [-0.2, 0) is 6.54 Å². The lowest BCUT2D eigenvalue weighted by Crippen LogP contribution is -2.01. The quantitative estimate of drug-likeness (QED) is 0.427. The Hall–Kier alpha value is -2.91. The maximum Gasteiger partial charge on any atom is 0.160 e. The van der Waals surface area contributed by atoms with Crippen LogP contribution in [0.15, 0.2) is 72.8 Å². The van der Waals surface area contributed by atoms with Crippen LogP contribution in [0.4, 0.5) is 0 Å². The van der Waals surface area contributed by atoms with Crippen molar-refractivity contribution in [2.75, 3.05) is 0 Å². The molecule has 0 saturated heterocycles. The number of hydrogen-bond acceptors (Lipinski definition) is 2. The van der Waals surface area contributed by atoms with Gasteiger partial charge in [-0.3, -0.25) is 0 Å². The molecule has 3 aromatic carbocycles. The molecule has 0 aliphatic carbocycles. The zero-order valence-electron chi connectivity index (χ0n) is 13.4. The molecule has 0 unspecified atom stereocenters. The van der Waals surface area contributed by atoms with Crippen LogP contribution in [0.1, 0.15) is 5.56 Å². The molecule has 0 spiro atoms. The maximum atomic E-state index is 6.25. The molecule has 120 valence electrons. The van der Waals surface area contributed by atoms with Crippen LogP contribution in [0.2, 0.25) is 5.02 Å². The standard InChI is InChI=1S/C21H14ClN3/c22-15-10-11-19-16(12-15)20-21(24-18-9-5-4-8-17(18)23-20)25(19)13-14-6-2-1-3-7-14/h1-12H,13H2. The van der Waals surface area contributed by atoms with Gasteiger partial charge in [0.2, 0.25) is 0 Å². The Morgan fingerprint density at radius 2 is 1.52 bits per heavy atom. The molecule has 0 atom stereocenters. The highest BCUT2D eigenvalue weighted by molar-refractivity contribution is 6.31. The van der Waals surface area contributed by atoms with Gasteiger partial charge in [-0.15, -0.1) is 0 Å². The van der Waals surface area contributed by atoms with Crippen molar-refractivity contribution in [1.82, 2.24) is 14.5 Å². The van der Waals surface area contributed by atoms with Crippen LogP contribution in [0, 0.1) is 0 Å². The Morgan fingerprint density at radius 3 is 2.32 bits per heavy atom. The number of fused-ring (bicyclic) bond motifs is 4. The van der Waals surface area contributed by atoms with E-state index in [-0.39, 0.29) is 0 Å². The second kappa shape index (κ2) is 5.57. The zero-order chi connectivity index (χ0) is 16.8. The summed E-state index contributed by atoms with van der Waals surface area (Å²) in [5, 5.41) is 1.75. The monoisotopic (exact) mass is 343 g/mol. The fourth-order valence-electron chi connectivity index (χ4n) is 3.33. The highest BCUT2D eigenvalue weighted by Gasteiger charge is 2.15. The minimum Gasteiger partial charge on any atom is -0.319 e. The molecule has 2 heterocycles. The van der Waals surface area contributed by atoms with Crippen molar-refractivity contribution in [3.8, 4) is 0 Å². The Morgan fingerprint density at radius 1 is 0.800 bits per heavy atom. The van der Waals surface area contributed by atoms with E-state index < -0.39 is 0 Å². The van der Waals surface area contributed by atoms with Gasteiger partial charge in [0.1, 0.15) is 5.52 Å². The molecule has 0 fully saturated rings. The first-order valence-corrected chi connectivity index (χ1v) is 8.55. The number of para-hydroxylation sites is 2. The Labute approximate surface area is 149 Å². The third kappa shape index (κ3) is 2.36. The summed E-state index contributed by atoms with van der Waals surface area (Å²) < 4.78 is 2.22. The first kappa shape index (κ1) is 14.4. The van der Waals surface area contributed by atoms with Gasteiger partial charge in [0, 0.05) is 17.0 Å². The van der Waals surface area contributed by atoms with Gasteiger partial charge in [-0.2, -0.15) is 0 Å². The van der Waals surface area contributed by atoms with E-state index in [2.05, 4.69) is 34.9 Å². The SMILES string of the molecule is Clc1ccc2c(c1)c1nc3ccccc3nc1n2Cc1ccccc1. The molecule has 5 aromatic rings. The molecule has 0 N–H and O–H groups in total. The van der Waals surface area contributed by atoms with E-state index in [1.807, 2.05) is 42.5 Å². The molecule has 25 heavy (non-hydrogen) atoms. The lowest BCUT2D eigenvalue weighted by Gasteiger charge is -2.07. The van der Waals surface area contributed by atoms with E-state index in [1.54, 1.807) is 0 Å². The van der Waals surface area contributed by atoms with E-state index in [0.717, 1.165) is 39.6 Å². The summed E-state index contributed by atoms with van der Waals surface area (Å²) in [6.45, 7) is 0.746. The van der Waals surface area contributed by atoms with E-state index in [4.69, 9.17) is 21.6 Å². The molecule has 0 radical (unpaired) electrons. The number of aromatic nitrogens is 3. The third-order valence-electron chi connectivity index (χ3n) is 4.50. The average Bonchev–Trinajstić information content (AvgIpc) is 2.93. The fourth-order valence-corrected chi connectivity index (χ4v) is 3.51. The summed E-state index contributed by atoms with van der Waals surface area (Å²) in [5.41, 5.74) is 5.91. The first-order valence-electron chi connectivity index (χ1n) is 8.18. The van der Waals surface area contributed by atoms with Crippen molar-refractivity contribution in [1.29, 1.82) is 0 Å². The zero-order valence-corrected chi connectivity index (χ0v) is 14.1. The van der Waals surface area contributed by atoms with E-state index in [1.165, 1.54) is 5.56 Å². The Bertz CT molecular complexity index is 1230. The summed E-state index contributed by atoms with van der Waals surface area (Å²) >= 11 is 6.25. The molecule has 0 bridgehead atoms. The van der Waals surface area contributed by atoms with E-state index in [9.17, 15) is 0 Å². The first-order chi connectivity index (χ1) is 12.3. The van der Waals surface area contributed by atoms with Crippen molar-refractivity contribution in [2.45, 2.75) is 6.54 Å². The normalized spacial score (nSPS) is 11.6. The van der Waals surface area contributed by atoms with Crippen molar-refractivity contribution in [2.24, 2.45) is 0 Å². The van der Waals surface area contributed by atoms with Gasteiger partial charge in [-0.1, -0.05) is 54.1 Å². The maximum absolute atomic E-state index is 6.25. The molecule has 2 aromatic heterocycles. The van der Waals surface area contributed by atoms with Gasteiger partial charge < -0.3 is 4.57 Å². The van der Waals surface area contributed by atoms with Gasteiger partial charge in [0.05, 0.1) is 16.6 Å². The van der Waals surface area contributed by atoms with Gasteiger partial charge >= 0.3 is 0 Å². The average molecular weight is 344 g/mol. The van der Waals surface area contributed by atoms with Crippen LogP contribution in [0.25, 0.3) is 33.1 Å². The molecular formula is C21H14ClN3. The summed E-state index contributed by atoms with van der Waals surface area (Å²) in [7, 11) is 0. The van der Waals surface area contributed by atoms with Gasteiger partial charge in [0.15, 0.2) is 5.65 Å². The molecule has 0 saturated carbocycles.